The number of methoxy groups -OCH3 is 1. The predicted octanol–water partition coefficient (Wildman–Crippen LogP) is 6.78. The number of hydrogen-bond acceptors (Lipinski definition) is 4. The molecule has 2 unspecified atom stereocenters. The third-order valence-electron chi connectivity index (χ3n) is 6.19. The molecule has 33 heavy (non-hydrogen) atoms. The molecule has 1 aliphatic carbocycles. The van der Waals surface area contributed by atoms with E-state index in [4.69, 9.17) is 9.72 Å². The molecule has 0 radical (unpaired) electrons. The van der Waals surface area contributed by atoms with Crippen molar-refractivity contribution in [3.05, 3.63) is 48.0 Å². The smallest absolute Gasteiger partial charge is 0.465 e. The van der Waals surface area contributed by atoms with Crippen LogP contribution in [0.2, 0.25) is 0 Å². The number of alkyl halides is 3. The van der Waals surface area contributed by atoms with Gasteiger partial charge in [0, 0.05) is 11.6 Å². The van der Waals surface area contributed by atoms with E-state index >= 15 is 0 Å². The van der Waals surface area contributed by atoms with E-state index in [1.165, 1.54) is 19.2 Å². The van der Waals surface area contributed by atoms with Crippen molar-refractivity contribution < 1.29 is 27.4 Å². The molecule has 0 amide bonds. The number of esters is 1. The number of hydrogen-bond donors (Lipinski definition) is 0. The molecule has 3 aromatic rings. The van der Waals surface area contributed by atoms with Gasteiger partial charge in [0.15, 0.2) is 0 Å². The van der Waals surface area contributed by atoms with Crippen molar-refractivity contribution in [3.8, 4) is 17.1 Å². The highest BCUT2D eigenvalue weighted by atomic mass is 19.4. The molecule has 4 rings (SSSR count). The molecule has 1 aliphatic rings. The van der Waals surface area contributed by atoms with E-state index < -0.39 is 12.3 Å². The maximum Gasteiger partial charge on any atom is 0.573 e. The highest BCUT2D eigenvalue weighted by Crippen LogP contribution is 2.46. The van der Waals surface area contributed by atoms with Crippen LogP contribution >= 0.6 is 0 Å². The van der Waals surface area contributed by atoms with Gasteiger partial charge < -0.3 is 14.0 Å². The van der Waals surface area contributed by atoms with Gasteiger partial charge >= 0.3 is 12.3 Å². The number of rotatable bonds is 4. The summed E-state index contributed by atoms with van der Waals surface area (Å²) in [5.41, 5.74) is 2.73. The highest BCUT2D eigenvalue weighted by molar-refractivity contribution is 5.94. The summed E-state index contributed by atoms with van der Waals surface area (Å²) in [5, 5.41) is 0. The average Bonchev–Trinajstić information content (AvgIpc) is 3.09. The summed E-state index contributed by atoms with van der Waals surface area (Å²) < 4.78 is 48.8. The van der Waals surface area contributed by atoms with Crippen LogP contribution in [-0.4, -0.2) is 29.0 Å². The van der Waals surface area contributed by atoms with Crippen LogP contribution in [0, 0.1) is 11.3 Å². The van der Waals surface area contributed by atoms with Crippen LogP contribution in [0.4, 0.5) is 13.2 Å². The standard InChI is InChI=1S/C25H27F3N2O3/c1-15-11-18(14-24(2,3)13-15)30-21-10-7-17(23(31)32-4)12-20(21)29-22(30)16-5-8-19(9-6-16)33-25(26,27)28/h5-10,12,15,18H,11,13-14H2,1-4H3. The Morgan fingerprint density at radius 2 is 1.82 bits per heavy atom. The fourth-order valence-electron chi connectivity index (χ4n) is 5.21. The Hall–Kier alpha value is -3.03. The number of imidazole rings is 1. The summed E-state index contributed by atoms with van der Waals surface area (Å²) in [6.07, 6.45) is -1.70. The van der Waals surface area contributed by atoms with Gasteiger partial charge in [-0.05, 0) is 73.1 Å². The van der Waals surface area contributed by atoms with E-state index in [-0.39, 0.29) is 17.2 Å². The first-order valence-corrected chi connectivity index (χ1v) is 10.9. The number of aromatic nitrogens is 2. The molecule has 2 aromatic carbocycles. The summed E-state index contributed by atoms with van der Waals surface area (Å²) in [6.45, 7) is 6.76. The Labute approximate surface area is 190 Å². The lowest BCUT2D eigenvalue weighted by Crippen LogP contribution is -2.29. The molecule has 1 aromatic heterocycles. The normalized spacial score (nSPS) is 20.6. The minimum Gasteiger partial charge on any atom is -0.465 e. The molecule has 0 N–H and O–H groups in total. The molecule has 5 nitrogen and oxygen atoms in total. The summed E-state index contributed by atoms with van der Waals surface area (Å²) in [6, 6.07) is 11.2. The lowest BCUT2D eigenvalue weighted by molar-refractivity contribution is -0.274. The van der Waals surface area contributed by atoms with Gasteiger partial charge in [0.2, 0.25) is 0 Å². The molecule has 2 atom stereocenters. The van der Waals surface area contributed by atoms with Crippen molar-refractivity contribution in [1.82, 2.24) is 9.55 Å². The molecule has 1 heterocycles. The van der Waals surface area contributed by atoms with Gasteiger partial charge in [0.1, 0.15) is 11.6 Å². The van der Waals surface area contributed by atoms with Crippen molar-refractivity contribution in [2.24, 2.45) is 11.3 Å². The molecule has 0 saturated heterocycles. The SMILES string of the molecule is COC(=O)c1ccc2c(c1)nc(-c1ccc(OC(F)(F)F)cc1)n2C1CC(C)CC(C)(C)C1. The molecular formula is C25H27F3N2O3. The van der Waals surface area contributed by atoms with Crippen molar-refractivity contribution >= 4 is 17.0 Å². The third-order valence-corrected chi connectivity index (χ3v) is 6.19. The number of halogens is 3. The number of fused-ring (bicyclic) bond motifs is 1. The Kier molecular flexibility index (Phi) is 5.88. The van der Waals surface area contributed by atoms with Gasteiger partial charge in [-0.1, -0.05) is 20.8 Å². The topological polar surface area (TPSA) is 53.4 Å². The number of ether oxygens (including phenoxy) is 2. The number of benzene rings is 2. The summed E-state index contributed by atoms with van der Waals surface area (Å²) in [7, 11) is 1.33. The first-order chi connectivity index (χ1) is 15.5. The minimum atomic E-state index is -4.75. The molecular weight excluding hydrogens is 433 g/mol. The van der Waals surface area contributed by atoms with Crippen LogP contribution in [-0.2, 0) is 4.74 Å². The Bertz CT molecular complexity index is 1170. The lowest BCUT2D eigenvalue weighted by atomic mass is 9.70. The van der Waals surface area contributed by atoms with Gasteiger partial charge in [0.05, 0.1) is 23.7 Å². The van der Waals surface area contributed by atoms with Crippen LogP contribution in [0.15, 0.2) is 42.5 Å². The average molecular weight is 460 g/mol. The minimum absolute atomic E-state index is 0.145. The van der Waals surface area contributed by atoms with Crippen LogP contribution < -0.4 is 4.74 Å². The predicted molar refractivity (Wildman–Crippen MR) is 119 cm³/mol. The lowest BCUT2D eigenvalue weighted by Gasteiger charge is -2.40. The zero-order valence-corrected chi connectivity index (χ0v) is 19.1. The Morgan fingerprint density at radius 3 is 2.42 bits per heavy atom. The molecule has 8 heteroatoms. The summed E-state index contributed by atoms with van der Waals surface area (Å²) in [4.78, 5) is 16.8. The van der Waals surface area contributed by atoms with Crippen molar-refractivity contribution in [2.45, 2.75) is 52.4 Å². The van der Waals surface area contributed by atoms with Crippen molar-refractivity contribution in [3.63, 3.8) is 0 Å². The zero-order valence-electron chi connectivity index (χ0n) is 19.1. The maximum atomic E-state index is 12.6. The largest absolute Gasteiger partial charge is 0.573 e. The van der Waals surface area contributed by atoms with Gasteiger partial charge in [-0.15, -0.1) is 13.2 Å². The number of carbonyl (C=O) groups excluding carboxylic acids is 1. The van der Waals surface area contributed by atoms with Crippen molar-refractivity contribution in [1.29, 1.82) is 0 Å². The molecule has 1 saturated carbocycles. The number of nitrogens with zero attached hydrogens (tertiary/aromatic N) is 2. The molecule has 0 spiro atoms. The van der Waals surface area contributed by atoms with Gasteiger partial charge in [-0.25, -0.2) is 9.78 Å². The van der Waals surface area contributed by atoms with Crippen LogP contribution in [0.25, 0.3) is 22.4 Å². The van der Waals surface area contributed by atoms with E-state index in [0.29, 0.717) is 28.4 Å². The van der Waals surface area contributed by atoms with Gasteiger partial charge in [-0.3, -0.25) is 0 Å². The summed E-state index contributed by atoms with van der Waals surface area (Å²) >= 11 is 0. The molecule has 176 valence electrons. The summed E-state index contributed by atoms with van der Waals surface area (Å²) in [5.74, 6) is 0.435. The fourth-order valence-corrected chi connectivity index (χ4v) is 5.21. The Morgan fingerprint density at radius 1 is 1.12 bits per heavy atom. The second-order valence-electron chi connectivity index (χ2n) is 9.64. The maximum absolute atomic E-state index is 12.6. The van der Waals surface area contributed by atoms with E-state index in [9.17, 15) is 18.0 Å². The Balaban J connectivity index is 1.83. The zero-order chi connectivity index (χ0) is 24.0. The van der Waals surface area contributed by atoms with E-state index in [1.54, 1.807) is 24.3 Å². The van der Waals surface area contributed by atoms with Crippen LogP contribution in [0.3, 0.4) is 0 Å². The third kappa shape index (κ3) is 4.99. The first-order valence-electron chi connectivity index (χ1n) is 10.9. The van der Waals surface area contributed by atoms with Gasteiger partial charge in [0.25, 0.3) is 0 Å². The molecule has 0 bridgehead atoms. The van der Waals surface area contributed by atoms with Crippen LogP contribution in [0.5, 0.6) is 5.75 Å². The highest BCUT2D eigenvalue weighted by Gasteiger charge is 2.35. The molecule has 1 fully saturated rings. The number of carbonyl (C=O) groups is 1. The fraction of sp³-hybridized carbons (Fsp3) is 0.440. The monoisotopic (exact) mass is 460 g/mol. The van der Waals surface area contributed by atoms with Gasteiger partial charge in [-0.2, -0.15) is 0 Å². The quantitative estimate of drug-likeness (QED) is 0.403. The second kappa shape index (κ2) is 8.39. The second-order valence-corrected chi connectivity index (χ2v) is 9.64. The molecule has 0 aliphatic heterocycles. The first kappa shape index (κ1) is 23.1. The van der Waals surface area contributed by atoms with E-state index in [2.05, 4.69) is 30.1 Å². The van der Waals surface area contributed by atoms with Crippen molar-refractivity contribution in [2.75, 3.05) is 7.11 Å². The van der Waals surface area contributed by atoms with E-state index in [1.807, 2.05) is 6.07 Å². The van der Waals surface area contributed by atoms with E-state index in [0.717, 1.165) is 24.8 Å². The van der Waals surface area contributed by atoms with Crippen LogP contribution in [0.1, 0.15) is 56.4 Å².